The maximum atomic E-state index is 13.2. The fourth-order valence-corrected chi connectivity index (χ4v) is 5.87. The minimum Gasteiger partial charge on any atom is -0.332 e. The average molecular weight is 390 g/mol. The van der Waals surface area contributed by atoms with Gasteiger partial charge < -0.3 is 4.57 Å². The number of thiophene rings is 1. The second-order valence-corrected chi connectivity index (χ2v) is 9.03. The molecule has 4 rings (SSSR count). The molecule has 26 heavy (non-hydrogen) atoms. The van der Waals surface area contributed by atoms with Gasteiger partial charge in [0.05, 0.1) is 29.5 Å². The normalized spacial score (nSPS) is 17.1. The number of benzene rings is 1. The Labute approximate surface area is 153 Å². The molecule has 0 fully saturated rings. The Morgan fingerprint density at radius 2 is 2.04 bits per heavy atom. The van der Waals surface area contributed by atoms with Crippen molar-refractivity contribution in [3.05, 3.63) is 70.8 Å². The fourth-order valence-electron chi connectivity index (χ4n) is 3.10. The van der Waals surface area contributed by atoms with Crippen molar-refractivity contribution < 1.29 is 13.3 Å². The van der Waals surface area contributed by atoms with Gasteiger partial charge in [-0.15, -0.1) is 0 Å². The lowest BCUT2D eigenvalue weighted by molar-refractivity contribution is -0.380. The fraction of sp³-hybridized carbons (Fsp3) is 0.188. The van der Waals surface area contributed by atoms with Crippen LogP contribution in [0.25, 0.3) is 0 Å². The molecule has 0 bridgehead atoms. The molecule has 3 heterocycles. The number of fused-ring (bicyclic) bond motifs is 1. The lowest BCUT2D eigenvalue weighted by Gasteiger charge is -2.35. The maximum Gasteiger partial charge on any atom is 0.325 e. The largest absolute Gasteiger partial charge is 0.332 e. The first-order valence-electron chi connectivity index (χ1n) is 7.79. The molecule has 0 N–H and O–H groups in total. The number of nitro groups is 1. The summed E-state index contributed by atoms with van der Waals surface area (Å²) in [4.78, 5) is 14.4. The standard InChI is InChI=1S/C16H14N4O4S2/c21-20(22)15-5-6-16(25-15)26(23,24)19-10-13(18-8-7-17-11-18)9-12-3-1-2-4-14(12)19/h1-8,11,13H,9-10H2. The summed E-state index contributed by atoms with van der Waals surface area (Å²) in [6.07, 6.45) is 5.81. The van der Waals surface area contributed by atoms with Crippen molar-refractivity contribution in [1.29, 1.82) is 0 Å². The third kappa shape index (κ3) is 2.76. The number of rotatable bonds is 4. The van der Waals surface area contributed by atoms with Crippen molar-refractivity contribution in [2.75, 3.05) is 10.8 Å². The van der Waals surface area contributed by atoms with Gasteiger partial charge in [0.25, 0.3) is 10.0 Å². The zero-order chi connectivity index (χ0) is 18.3. The molecule has 0 amide bonds. The molecule has 1 aliphatic heterocycles. The van der Waals surface area contributed by atoms with E-state index in [4.69, 9.17) is 0 Å². The van der Waals surface area contributed by atoms with Gasteiger partial charge in [0.15, 0.2) is 0 Å². The molecule has 1 aromatic carbocycles. The van der Waals surface area contributed by atoms with Gasteiger partial charge in [-0.2, -0.15) is 0 Å². The first kappa shape index (κ1) is 16.7. The third-order valence-corrected chi connectivity index (χ3v) is 7.61. The molecule has 0 saturated carbocycles. The smallest absolute Gasteiger partial charge is 0.325 e. The highest BCUT2D eigenvalue weighted by atomic mass is 32.2. The Bertz CT molecular complexity index is 1060. The Hall–Kier alpha value is -2.72. The molecular formula is C16H14N4O4S2. The first-order valence-corrected chi connectivity index (χ1v) is 10.0. The Kier molecular flexibility index (Phi) is 4.00. The number of nitrogens with zero attached hydrogens (tertiary/aromatic N) is 4. The second-order valence-electron chi connectivity index (χ2n) is 5.88. The molecule has 3 aromatic rings. The molecule has 1 aliphatic rings. The highest BCUT2D eigenvalue weighted by Gasteiger charge is 2.35. The molecule has 1 atom stereocenters. The van der Waals surface area contributed by atoms with Crippen LogP contribution in [0.5, 0.6) is 0 Å². The second kappa shape index (κ2) is 6.22. The van der Waals surface area contributed by atoms with Gasteiger partial charge in [0.2, 0.25) is 0 Å². The summed E-state index contributed by atoms with van der Waals surface area (Å²) in [6, 6.07) is 9.74. The topological polar surface area (TPSA) is 98.3 Å². The van der Waals surface area contributed by atoms with Crippen LogP contribution in [-0.4, -0.2) is 29.4 Å². The van der Waals surface area contributed by atoms with Gasteiger partial charge in [-0.3, -0.25) is 14.4 Å². The van der Waals surface area contributed by atoms with Crippen molar-refractivity contribution in [3.8, 4) is 0 Å². The van der Waals surface area contributed by atoms with Crippen LogP contribution in [-0.2, 0) is 16.4 Å². The van der Waals surface area contributed by atoms with Gasteiger partial charge in [0.1, 0.15) is 4.21 Å². The van der Waals surface area contributed by atoms with Crippen molar-refractivity contribution in [3.63, 3.8) is 0 Å². The van der Waals surface area contributed by atoms with E-state index >= 15 is 0 Å². The monoisotopic (exact) mass is 390 g/mol. The Balaban J connectivity index is 1.79. The SMILES string of the molecule is O=[N+]([O-])c1ccc(S(=O)(=O)N2CC(n3ccnc3)Cc3ccccc32)s1. The summed E-state index contributed by atoms with van der Waals surface area (Å²) < 4.78 is 29.6. The van der Waals surface area contributed by atoms with E-state index in [0.717, 1.165) is 5.56 Å². The van der Waals surface area contributed by atoms with Crippen molar-refractivity contribution in [2.45, 2.75) is 16.7 Å². The van der Waals surface area contributed by atoms with Crippen LogP contribution in [0.2, 0.25) is 0 Å². The average Bonchev–Trinajstić information content (AvgIpc) is 3.32. The van der Waals surface area contributed by atoms with E-state index in [2.05, 4.69) is 4.98 Å². The summed E-state index contributed by atoms with van der Waals surface area (Å²) in [5, 5.41) is 10.7. The summed E-state index contributed by atoms with van der Waals surface area (Å²) in [5.41, 5.74) is 1.52. The maximum absolute atomic E-state index is 13.2. The lowest BCUT2D eigenvalue weighted by Crippen LogP contribution is -2.40. The third-order valence-electron chi connectivity index (χ3n) is 4.33. The number of sulfonamides is 1. The van der Waals surface area contributed by atoms with Crippen LogP contribution in [0.15, 0.2) is 59.3 Å². The van der Waals surface area contributed by atoms with Crippen LogP contribution in [0, 0.1) is 10.1 Å². The van der Waals surface area contributed by atoms with E-state index in [1.807, 2.05) is 16.7 Å². The molecule has 0 saturated heterocycles. The molecule has 8 nitrogen and oxygen atoms in total. The molecule has 2 aromatic heterocycles. The molecule has 0 aliphatic carbocycles. The number of hydrogen-bond acceptors (Lipinski definition) is 6. The van der Waals surface area contributed by atoms with E-state index in [0.29, 0.717) is 23.4 Å². The summed E-state index contributed by atoms with van der Waals surface area (Å²) in [6.45, 7) is 0.238. The molecule has 0 radical (unpaired) electrons. The van der Waals surface area contributed by atoms with E-state index < -0.39 is 14.9 Å². The molecule has 10 heteroatoms. The van der Waals surface area contributed by atoms with Gasteiger partial charge in [-0.1, -0.05) is 18.2 Å². The highest BCUT2D eigenvalue weighted by Crippen LogP contribution is 2.38. The van der Waals surface area contributed by atoms with E-state index in [9.17, 15) is 18.5 Å². The van der Waals surface area contributed by atoms with Gasteiger partial charge in [-0.05, 0) is 35.5 Å². The van der Waals surface area contributed by atoms with Crippen LogP contribution >= 0.6 is 11.3 Å². The molecule has 134 valence electrons. The van der Waals surface area contributed by atoms with E-state index in [1.54, 1.807) is 30.9 Å². The number of anilines is 1. The molecule has 1 unspecified atom stereocenters. The quantitative estimate of drug-likeness (QED) is 0.504. The van der Waals surface area contributed by atoms with E-state index in [-0.39, 0.29) is 21.8 Å². The van der Waals surface area contributed by atoms with Crippen LogP contribution in [0.1, 0.15) is 11.6 Å². The van der Waals surface area contributed by atoms with Gasteiger partial charge in [0, 0.05) is 18.5 Å². The number of aromatic nitrogens is 2. The summed E-state index contributed by atoms with van der Waals surface area (Å²) in [7, 11) is -3.90. The van der Waals surface area contributed by atoms with Gasteiger partial charge in [-0.25, -0.2) is 13.4 Å². The van der Waals surface area contributed by atoms with Crippen molar-refractivity contribution >= 4 is 32.0 Å². The lowest BCUT2D eigenvalue weighted by atomic mass is 10.00. The zero-order valence-corrected chi connectivity index (χ0v) is 15.1. The summed E-state index contributed by atoms with van der Waals surface area (Å²) in [5.74, 6) is 0. The predicted molar refractivity (Wildman–Crippen MR) is 96.9 cm³/mol. The summed E-state index contributed by atoms with van der Waals surface area (Å²) >= 11 is 0.667. The predicted octanol–water partition coefficient (Wildman–Crippen LogP) is 2.85. The molecule has 0 spiro atoms. The number of hydrogen-bond donors (Lipinski definition) is 0. The van der Waals surface area contributed by atoms with E-state index in [1.165, 1.54) is 16.4 Å². The van der Waals surface area contributed by atoms with Crippen LogP contribution in [0.4, 0.5) is 10.7 Å². The first-order chi connectivity index (χ1) is 12.5. The van der Waals surface area contributed by atoms with Crippen LogP contribution in [0.3, 0.4) is 0 Å². The zero-order valence-electron chi connectivity index (χ0n) is 13.4. The van der Waals surface area contributed by atoms with Crippen molar-refractivity contribution in [1.82, 2.24) is 9.55 Å². The minimum absolute atomic E-state index is 0.0368. The Morgan fingerprint density at radius 3 is 2.73 bits per heavy atom. The highest BCUT2D eigenvalue weighted by molar-refractivity contribution is 7.94. The number of imidazole rings is 1. The number of para-hydroxylation sites is 1. The molecular weight excluding hydrogens is 376 g/mol. The van der Waals surface area contributed by atoms with Crippen molar-refractivity contribution in [2.24, 2.45) is 0 Å². The van der Waals surface area contributed by atoms with Gasteiger partial charge >= 0.3 is 5.00 Å². The van der Waals surface area contributed by atoms with Crippen LogP contribution < -0.4 is 4.31 Å². The minimum atomic E-state index is -3.90. The Morgan fingerprint density at radius 1 is 1.23 bits per heavy atom.